The van der Waals surface area contributed by atoms with Gasteiger partial charge in [0.05, 0.1) is 0 Å². The summed E-state index contributed by atoms with van der Waals surface area (Å²) >= 11 is 0. The minimum absolute atomic E-state index is 0.728. The van der Waals surface area contributed by atoms with Crippen molar-refractivity contribution in [1.82, 2.24) is 15.5 Å². The van der Waals surface area contributed by atoms with Crippen LogP contribution in [-0.2, 0) is 0 Å². The lowest BCUT2D eigenvalue weighted by Gasteiger charge is -2.29. The molecule has 0 saturated carbocycles. The molecule has 4 heteroatoms. The molecule has 0 amide bonds. The molecule has 0 aromatic heterocycles. The van der Waals surface area contributed by atoms with Crippen molar-refractivity contribution in [2.75, 3.05) is 46.3 Å². The SMILES string of the molecule is CN1CCC(NCCNCCN)CC1. The Morgan fingerprint density at radius 1 is 1.21 bits per heavy atom. The number of nitrogens with zero attached hydrogens (tertiary/aromatic N) is 1. The molecular formula is C10H24N4. The van der Waals surface area contributed by atoms with Crippen LogP contribution in [0.25, 0.3) is 0 Å². The predicted molar refractivity (Wildman–Crippen MR) is 60.4 cm³/mol. The lowest BCUT2D eigenvalue weighted by atomic mass is 10.1. The topological polar surface area (TPSA) is 53.3 Å². The number of rotatable bonds is 6. The highest BCUT2D eigenvalue weighted by Crippen LogP contribution is 2.07. The molecule has 4 nitrogen and oxygen atoms in total. The van der Waals surface area contributed by atoms with Crippen LogP contribution in [0.1, 0.15) is 12.8 Å². The Labute approximate surface area is 87.2 Å². The monoisotopic (exact) mass is 200 g/mol. The smallest absolute Gasteiger partial charge is 0.00919 e. The largest absolute Gasteiger partial charge is 0.329 e. The Kier molecular flexibility index (Phi) is 6.10. The molecule has 0 bridgehead atoms. The van der Waals surface area contributed by atoms with E-state index in [2.05, 4.69) is 22.6 Å². The van der Waals surface area contributed by atoms with Crippen molar-refractivity contribution >= 4 is 0 Å². The Morgan fingerprint density at radius 3 is 2.57 bits per heavy atom. The lowest BCUT2D eigenvalue weighted by molar-refractivity contribution is 0.235. The first-order valence-corrected chi connectivity index (χ1v) is 5.65. The molecule has 0 spiro atoms. The van der Waals surface area contributed by atoms with Crippen LogP contribution in [0.5, 0.6) is 0 Å². The summed E-state index contributed by atoms with van der Waals surface area (Å²) < 4.78 is 0. The molecule has 84 valence electrons. The van der Waals surface area contributed by atoms with E-state index < -0.39 is 0 Å². The van der Waals surface area contributed by atoms with Gasteiger partial charge in [0.2, 0.25) is 0 Å². The maximum absolute atomic E-state index is 5.38. The van der Waals surface area contributed by atoms with E-state index in [0.717, 1.165) is 32.2 Å². The van der Waals surface area contributed by atoms with Gasteiger partial charge in [-0.15, -0.1) is 0 Å². The number of likely N-dealkylation sites (tertiary alicyclic amines) is 1. The molecule has 4 N–H and O–H groups in total. The Morgan fingerprint density at radius 2 is 1.93 bits per heavy atom. The van der Waals surface area contributed by atoms with Gasteiger partial charge in [0.15, 0.2) is 0 Å². The maximum Gasteiger partial charge on any atom is 0.00919 e. The molecule has 1 heterocycles. The van der Waals surface area contributed by atoms with Gasteiger partial charge in [0, 0.05) is 32.2 Å². The third-order valence-electron chi connectivity index (χ3n) is 2.77. The summed E-state index contributed by atoms with van der Waals surface area (Å²) in [5.74, 6) is 0. The number of nitrogens with one attached hydrogen (secondary N) is 2. The van der Waals surface area contributed by atoms with Crippen LogP contribution >= 0.6 is 0 Å². The van der Waals surface area contributed by atoms with Crippen LogP contribution in [0.2, 0.25) is 0 Å². The van der Waals surface area contributed by atoms with E-state index in [9.17, 15) is 0 Å². The fourth-order valence-electron chi connectivity index (χ4n) is 1.80. The van der Waals surface area contributed by atoms with Crippen molar-refractivity contribution in [3.05, 3.63) is 0 Å². The first-order chi connectivity index (χ1) is 6.83. The van der Waals surface area contributed by atoms with Gasteiger partial charge < -0.3 is 21.3 Å². The fourth-order valence-corrected chi connectivity index (χ4v) is 1.80. The Balaban J connectivity index is 1.91. The molecule has 14 heavy (non-hydrogen) atoms. The van der Waals surface area contributed by atoms with Crippen LogP contribution < -0.4 is 16.4 Å². The van der Waals surface area contributed by atoms with Gasteiger partial charge in [-0.05, 0) is 33.0 Å². The number of hydrogen-bond donors (Lipinski definition) is 3. The highest BCUT2D eigenvalue weighted by Gasteiger charge is 2.14. The van der Waals surface area contributed by atoms with Crippen molar-refractivity contribution in [3.63, 3.8) is 0 Å². The van der Waals surface area contributed by atoms with E-state index >= 15 is 0 Å². The molecule has 1 aliphatic heterocycles. The number of piperidine rings is 1. The maximum atomic E-state index is 5.38. The van der Waals surface area contributed by atoms with Crippen molar-refractivity contribution in [2.45, 2.75) is 18.9 Å². The molecule has 0 aliphatic carbocycles. The molecule has 0 aromatic rings. The van der Waals surface area contributed by atoms with Crippen LogP contribution in [0.4, 0.5) is 0 Å². The summed E-state index contributed by atoms with van der Waals surface area (Å²) in [7, 11) is 2.19. The molecule has 0 unspecified atom stereocenters. The summed E-state index contributed by atoms with van der Waals surface area (Å²) in [6, 6.07) is 0.728. The molecule has 0 radical (unpaired) electrons. The first-order valence-electron chi connectivity index (χ1n) is 5.65. The minimum Gasteiger partial charge on any atom is -0.329 e. The Hall–Kier alpha value is -0.160. The summed E-state index contributed by atoms with van der Waals surface area (Å²) in [5, 5.41) is 6.86. The van der Waals surface area contributed by atoms with E-state index in [4.69, 9.17) is 5.73 Å². The average Bonchev–Trinajstić information content (AvgIpc) is 2.21. The summed E-state index contributed by atoms with van der Waals surface area (Å²) in [4.78, 5) is 2.39. The van der Waals surface area contributed by atoms with Crippen molar-refractivity contribution in [2.24, 2.45) is 5.73 Å². The van der Waals surface area contributed by atoms with Gasteiger partial charge in [-0.25, -0.2) is 0 Å². The third kappa shape index (κ3) is 4.91. The zero-order valence-corrected chi connectivity index (χ0v) is 9.26. The van der Waals surface area contributed by atoms with Gasteiger partial charge in [-0.1, -0.05) is 0 Å². The normalized spacial score (nSPS) is 20.1. The van der Waals surface area contributed by atoms with Crippen LogP contribution in [0.15, 0.2) is 0 Å². The molecule has 1 rings (SSSR count). The highest BCUT2D eigenvalue weighted by atomic mass is 15.1. The van der Waals surface area contributed by atoms with E-state index in [1.165, 1.54) is 25.9 Å². The quantitative estimate of drug-likeness (QED) is 0.492. The minimum atomic E-state index is 0.728. The second-order valence-electron chi connectivity index (χ2n) is 4.07. The van der Waals surface area contributed by atoms with E-state index in [1.54, 1.807) is 0 Å². The zero-order chi connectivity index (χ0) is 10.2. The van der Waals surface area contributed by atoms with Crippen molar-refractivity contribution in [3.8, 4) is 0 Å². The van der Waals surface area contributed by atoms with Gasteiger partial charge in [0.25, 0.3) is 0 Å². The molecule has 1 saturated heterocycles. The van der Waals surface area contributed by atoms with Gasteiger partial charge in [-0.3, -0.25) is 0 Å². The van der Waals surface area contributed by atoms with Crippen molar-refractivity contribution < 1.29 is 0 Å². The van der Waals surface area contributed by atoms with Gasteiger partial charge in [-0.2, -0.15) is 0 Å². The van der Waals surface area contributed by atoms with Crippen LogP contribution in [0.3, 0.4) is 0 Å². The highest BCUT2D eigenvalue weighted by molar-refractivity contribution is 4.75. The van der Waals surface area contributed by atoms with E-state index in [1.807, 2.05) is 0 Å². The lowest BCUT2D eigenvalue weighted by Crippen LogP contribution is -2.43. The number of hydrogen-bond acceptors (Lipinski definition) is 4. The summed E-state index contributed by atoms with van der Waals surface area (Å²) in [5.41, 5.74) is 5.38. The second kappa shape index (κ2) is 7.17. The first kappa shape index (κ1) is 11.9. The number of nitrogens with two attached hydrogens (primary N) is 1. The fraction of sp³-hybridized carbons (Fsp3) is 1.00. The summed E-state index contributed by atoms with van der Waals surface area (Å²) in [6.07, 6.45) is 2.57. The van der Waals surface area contributed by atoms with E-state index in [-0.39, 0.29) is 0 Å². The molecule has 0 aromatic carbocycles. The Bertz CT molecular complexity index is 132. The molecule has 1 fully saturated rings. The van der Waals surface area contributed by atoms with Crippen LogP contribution in [0, 0.1) is 0 Å². The third-order valence-corrected chi connectivity index (χ3v) is 2.77. The molecule has 1 aliphatic rings. The molecule has 0 atom stereocenters. The van der Waals surface area contributed by atoms with Crippen molar-refractivity contribution in [1.29, 1.82) is 0 Å². The average molecular weight is 200 g/mol. The standard InChI is InChI=1S/C10H24N4/c1-14-8-2-10(3-9-14)13-7-6-12-5-4-11/h10,12-13H,2-9,11H2,1H3. The predicted octanol–water partition coefficient (Wildman–Crippen LogP) is -0.781. The summed E-state index contributed by atoms with van der Waals surface area (Å²) in [6.45, 7) is 6.21. The van der Waals surface area contributed by atoms with Gasteiger partial charge >= 0.3 is 0 Å². The van der Waals surface area contributed by atoms with E-state index in [0.29, 0.717) is 0 Å². The van der Waals surface area contributed by atoms with Gasteiger partial charge in [0.1, 0.15) is 0 Å². The second-order valence-corrected chi connectivity index (χ2v) is 4.07. The zero-order valence-electron chi connectivity index (χ0n) is 9.26. The molecular weight excluding hydrogens is 176 g/mol. The van der Waals surface area contributed by atoms with Crippen LogP contribution in [-0.4, -0.2) is 57.3 Å².